The van der Waals surface area contributed by atoms with Crippen LogP contribution in [0.1, 0.15) is 0 Å². The molecule has 0 bridgehead atoms. The van der Waals surface area contributed by atoms with E-state index in [9.17, 15) is 0 Å². The first-order valence-electron chi connectivity index (χ1n) is 20.8. The third-order valence-electron chi connectivity index (χ3n) is 11.6. The van der Waals surface area contributed by atoms with E-state index in [1.165, 1.54) is 21.9 Å². The molecular weight excluding hydrogens is 741 g/mol. The number of hydrogen-bond donors (Lipinski definition) is 0. The minimum absolute atomic E-state index is 0.808. The molecule has 0 radical (unpaired) electrons. The molecule has 0 atom stereocenters. The topological polar surface area (TPSA) is 19.6 Å². The molecule has 11 rings (SSSR count). The molecule has 10 aromatic carbocycles. The molecule has 0 aliphatic heterocycles. The maximum Gasteiger partial charge on any atom is 0.161 e. The van der Waals surface area contributed by atoms with Gasteiger partial charge in [-0.25, -0.2) is 0 Å². The average molecular weight is 781 g/mol. The van der Waals surface area contributed by atoms with E-state index in [1.54, 1.807) is 0 Å². The molecule has 11 aromatic rings. The number of benzene rings is 10. The third kappa shape index (κ3) is 6.69. The highest BCUT2D eigenvalue weighted by molar-refractivity contribution is 6.22. The van der Waals surface area contributed by atoms with Gasteiger partial charge in [0.25, 0.3) is 0 Å². The van der Waals surface area contributed by atoms with Crippen LogP contribution in [0.15, 0.2) is 247 Å². The van der Waals surface area contributed by atoms with Crippen molar-refractivity contribution < 1.29 is 4.42 Å². The summed E-state index contributed by atoms with van der Waals surface area (Å²) in [6.07, 6.45) is 0. The number of anilines is 6. The van der Waals surface area contributed by atoms with Crippen molar-refractivity contribution in [2.45, 2.75) is 0 Å². The molecule has 0 aliphatic carbocycles. The van der Waals surface area contributed by atoms with Crippen LogP contribution in [0.3, 0.4) is 0 Å². The van der Waals surface area contributed by atoms with E-state index in [0.717, 1.165) is 78.3 Å². The predicted octanol–water partition coefficient (Wildman–Crippen LogP) is 16.7. The number of para-hydroxylation sites is 1. The second kappa shape index (κ2) is 15.6. The normalized spacial score (nSPS) is 11.3. The van der Waals surface area contributed by atoms with Gasteiger partial charge in [-0.2, -0.15) is 0 Å². The highest BCUT2D eigenvalue weighted by Gasteiger charge is 2.28. The average Bonchev–Trinajstić information content (AvgIpc) is 3.74. The van der Waals surface area contributed by atoms with E-state index in [-0.39, 0.29) is 0 Å². The first kappa shape index (κ1) is 36.0. The number of furan rings is 1. The van der Waals surface area contributed by atoms with Crippen molar-refractivity contribution in [1.82, 2.24) is 0 Å². The van der Waals surface area contributed by atoms with Crippen LogP contribution in [0.2, 0.25) is 0 Å². The molecule has 1 heterocycles. The summed E-state index contributed by atoms with van der Waals surface area (Å²) >= 11 is 0. The van der Waals surface area contributed by atoms with Crippen molar-refractivity contribution in [1.29, 1.82) is 0 Å². The van der Waals surface area contributed by atoms with Gasteiger partial charge in [0.15, 0.2) is 5.58 Å². The monoisotopic (exact) mass is 780 g/mol. The lowest BCUT2D eigenvalue weighted by Gasteiger charge is -2.33. The standard InChI is InChI=1S/C58H40N2O/c1-5-16-41(17-6-1)44-28-33-49(34-29-44)59(48-24-11-4-12-25-48)54-38-37-53-56-52-27-14-13-22-46(52)32-39-55(56)61-58(53)57(54)60(50-35-30-45(31-36-50)42-18-7-2-8-19-42)51-26-15-23-47(40-51)43-20-9-3-10-21-43/h1-40H. The molecule has 0 spiro atoms. The van der Waals surface area contributed by atoms with Gasteiger partial charge in [-0.05, 0) is 111 Å². The van der Waals surface area contributed by atoms with Crippen LogP contribution >= 0.6 is 0 Å². The van der Waals surface area contributed by atoms with Crippen molar-refractivity contribution in [3.8, 4) is 33.4 Å². The quantitative estimate of drug-likeness (QED) is 0.145. The van der Waals surface area contributed by atoms with Gasteiger partial charge >= 0.3 is 0 Å². The Morgan fingerprint density at radius 1 is 0.295 bits per heavy atom. The molecule has 0 saturated heterocycles. The van der Waals surface area contributed by atoms with Gasteiger partial charge in [0.2, 0.25) is 0 Å². The minimum atomic E-state index is 0.808. The highest BCUT2D eigenvalue weighted by Crippen LogP contribution is 2.52. The van der Waals surface area contributed by atoms with E-state index < -0.39 is 0 Å². The fraction of sp³-hybridized carbons (Fsp3) is 0. The van der Waals surface area contributed by atoms with E-state index in [4.69, 9.17) is 4.42 Å². The Hall–Kier alpha value is -8.14. The number of nitrogens with zero attached hydrogens (tertiary/aromatic N) is 2. The minimum Gasteiger partial charge on any atom is -0.454 e. The summed E-state index contributed by atoms with van der Waals surface area (Å²) in [6.45, 7) is 0. The Labute approximate surface area is 355 Å². The van der Waals surface area contributed by atoms with E-state index >= 15 is 0 Å². The van der Waals surface area contributed by atoms with Crippen molar-refractivity contribution in [3.05, 3.63) is 243 Å². The zero-order valence-corrected chi connectivity index (χ0v) is 33.4. The first-order valence-corrected chi connectivity index (χ1v) is 20.8. The summed E-state index contributed by atoms with van der Waals surface area (Å²) in [5, 5.41) is 4.51. The van der Waals surface area contributed by atoms with Crippen molar-refractivity contribution in [2.75, 3.05) is 9.80 Å². The smallest absolute Gasteiger partial charge is 0.161 e. The molecule has 0 N–H and O–H groups in total. The fourth-order valence-electron chi connectivity index (χ4n) is 8.72. The molecule has 0 unspecified atom stereocenters. The molecule has 3 nitrogen and oxygen atoms in total. The summed E-state index contributed by atoms with van der Waals surface area (Å²) in [4.78, 5) is 4.75. The summed E-state index contributed by atoms with van der Waals surface area (Å²) in [6, 6.07) is 86.4. The first-order chi connectivity index (χ1) is 30.3. The molecule has 0 saturated carbocycles. The second-order valence-electron chi connectivity index (χ2n) is 15.3. The van der Waals surface area contributed by atoms with Crippen molar-refractivity contribution >= 4 is 66.8 Å². The zero-order valence-electron chi connectivity index (χ0n) is 33.4. The lowest BCUT2D eigenvalue weighted by molar-refractivity contribution is 0.669. The van der Waals surface area contributed by atoms with Gasteiger partial charge in [0.1, 0.15) is 11.3 Å². The SMILES string of the molecule is c1ccc(-c2ccc(N(c3ccccc3)c3ccc4c(oc5ccc6ccccc6c54)c3N(c3ccc(-c4ccccc4)cc3)c3cccc(-c4ccccc4)c3)cc2)cc1. The van der Waals surface area contributed by atoms with Crippen LogP contribution < -0.4 is 9.80 Å². The lowest BCUT2D eigenvalue weighted by atomic mass is 10.0. The third-order valence-corrected chi connectivity index (χ3v) is 11.6. The van der Waals surface area contributed by atoms with Gasteiger partial charge < -0.3 is 14.2 Å². The summed E-state index contributed by atoms with van der Waals surface area (Å²) in [7, 11) is 0. The van der Waals surface area contributed by atoms with Crippen LogP contribution in [0, 0.1) is 0 Å². The largest absolute Gasteiger partial charge is 0.454 e. The second-order valence-corrected chi connectivity index (χ2v) is 15.3. The van der Waals surface area contributed by atoms with Crippen LogP contribution in [0.4, 0.5) is 34.1 Å². The maximum absolute atomic E-state index is 7.19. The van der Waals surface area contributed by atoms with Gasteiger partial charge in [-0.1, -0.05) is 176 Å². The number of fused-ring (bicyclic) bond motifs is 5. The molecule has 1 aromatic heterocycles. The van der Waals surface area contributed by atoms with Crippen molar-refractivity contribution in [3.63, 3.8) is 0 Å². The number of hydrogen-bond acceptors (Lipinski definition) is 3. The van der Waals surface area contributed by atoms with Crippen LogP contribution in [-0.4, -0.2) is 0 Å². The Morgan fingerprint density at radius 3 is 1.39 bits per heavy atom. The lowest BCUT2D eigenvalue weighted by Crippen LogP contribution is -2.17. The van der Waals surface area contributed by atoms with Crippen molar-refractivity contribution in [2.24, 2.45) is 0 Å². The Bertz CT molecular complexity index is 3270. The zero-order chi connectivity index (χ0) is 40.5. The van der Waals surface area contributed by atoms with E-state index in [2.05, 4.69) is 252 Å². The van der Waals surface area contributed by atoms with Crippen LogP contribution in [-0.2, 0) is 0 Å². The van der Waals surface area contributed by atoms with E-state index in [1.807, 2.05) is 0 Å². The summed E-state index contributed by atoms with van der Waals surface area (Å²) in [5.74, 6) is 0. The summed E-state index contributed by atoms with van der Waals surface area (Å²) in [5.41, 5.74) is 14.6. The molecule has 0 aliphatic rings. The molecular formula is C58H40N2O. The van der Waals surface area contributed by atoms with Gasteiger partial charge in [-0.3, -0.25) is 0 Å². The van der Waals surface area contributed by atoms with Gasteiger partial charge in [0, 0.05) is 33.5 Å². The highest BCUT2D eigenvalue weighted by atomic mass is 16.3. The molecule has 0 amide bonds. The Balaban J connectivity index is 1.21. The fourth-order valence-corrected chi connectivity index (χ4v) is 8.72. The van der Waals surface area contributed by atoms with Crippen LogP contribution in [0.25, 0.3) is 66.1 Å². The molecule has 61 heavy (non-hydrogen) atoms. The summed E-state index contributed by atoms with van der Waals surface area (Å²) < 4.78 is 7.19. The van der Waals surface area contributed by atoms with Gasteiger partial charge in [0.05, 0.1) is 5.69 Å². The Morgan fingerprint density at radius 2 is 0.770 bits per heavy atom. The predicted molar refractivity (Wildman–Crippen MR) is 257 cm³/mol. The Kier molecular flexibility index (Phi) is 9.18. The van der Waals surface area contributed by atoms with E-state index in [0.29, 0.717) is 0 Å². The van der Waals surface area contributed by atoms with Gasteiger partial charge in [-0.15, -0.1) is 0 Å². The van der Waals surface area contributed by atoms with Crippen LogP contribution in [0.5, 0.6) is 0 Å². The molecule has 288 valence electrons. The molecule has 0 fully saturated rings. The maximum atomic E-state index is 7.19. The molecule has 3 heteroatoms. The number of rotatable bonds is 9.